The van der Waals surface area contributed by atoms with E-state index >= 15 is 0 Å². The molecule has 1 radical (unpaired) electrons. The van der Waals surface area contributed by atoms with Crippen molar-refractivity contribution < 1.29 is 32.7 Å². The maximum atomic E-state index is 8.76. The summed E-state index contributed by atoms with van der Waals surface area (Å²) in [5.74, 6) is 6.20. The Bertz CT molecular complexity index is 2180. The van der Waals surface area contributed by atoms with E-state index < -0.39 is 37.8 Å². The predicted molar refractivity (Wildman–Crippen MR) is 198 cm³/mol. The maximum Gasteiger partial charge on any atom is 0 e. The average Bonchev–Trinajstić information content (AvgIpc) is 3.49. The molecule has 0 amide bonds. The summed E-state index contributed by atoms with van der Waals surface area (Å²) < 4.78 is 56.4. The first-order valence-electron chi connectivity index (χ1n) is 19.0. The van der Waals surface area contributed by atoms with Crippen LogP contribution in [0.4, 0.5) is 0 Å². The Morgan fingerprint density at radius 2 is 1.70 bits per heavy atom. The number of benzene rings is 3. The minimum atomic E-state index is -2.24. The van der Waals surface area contributed by atoms with Crippen LogP contribution in [0.2, 0.25) is 17.3 Å². The van der Waals surface area contributed by atoms with Gasteiger partial charge in [0, 0.05) is 37.2 Å². The van der Waals surface area contributed by atoms with Gasteiger partial charge in [0.25, 0.3) is 0 Å². The topological polar surface area (TPSA) is 38.9 Å². The molecule has 247 valence electrons. The number of pyridine rings is 2. The van der Waals surface area contributed by atoms with Gasteiger partial charge in [-0.25, -0.2) is 0 Å². The zero-order chi connectivity index (χ0) is 38.3. The number of aryl methyl sites for hydroxylation is 1. The second kappa shape index (κ2) is 15.4. The summed E-state index contributed by atoms with van der Waals surface area (Å²) >= 11 is -2.24. The summed E-state index contributed by atoms with van der Waals surface area (Å²) in [5, 5.41) is 1.75. The van der Waals surface area contributed by atoms with Crippen LogP contribution < -0.4 is 4.40 Å². The Morgan fingerprint density at radius 1 is 0.915 bits per heavy atom. The molecule has 6 rings (SSSR count). The summed E-state index contributed by atoms with van der Waals surface area (Å²) in [5.41, 5.74) is 5.76. The van der Waals surface area contributed by atoms with Crippen molar-refractivity contribution in [3.05, 3.63) is 114 Å². The summed E-state index contributed by atoms with van der Waals surface area (Å²) in [6.07, 6.45) is 3.65. The number of fused-ring (bicyclic) bond motifs is 3. The molecule has 0 aliphatic carbocycles. The molecular formula is C42H48GeIrN2O-2. The molecule has 0 N–H and O–H groups in total. The fraction of sp³-hybridized carbons (Fsp3) is 0.333. The van der Waals surface area contributed by atoms with E-state index in [1.807, 2.05) is 95.4 Å². The molecule has 0 spiro atoms. The molecule has 0 saturated carbocycles. The van der Waals surface area contributed by atoms with Crippen molar-refractivity contribution in [2.75, 3.05) is 0 Å². The van der Waals surface area contributed by atoms with Gasteiger partial charge in [-0.15, -0.1) is 18.2 Å². The zero-order valence-electron chi connectivity index (χ0n) is 34.6. The molecule has 0 bridgehead atoms. The first-order chi connectivity index (χ1) is 24.2. The molecule has 0 saturated heterocycles. The van der Waals surface area contributed by atoms with Crippen LogP contribution in [0.3, 0.4) is 0 Å². The van der Waals surface area contributed by atoms with Gasteiger partial charge in [0.1, 0.15) is 5.58 Å². The Labute approximate surface area is 306 Å². The van der Waals surface area contributed by atoms with Crippen molar-refractivity contribution in [2.45, 2.75) is 83.8 Å². The maximum absolute atomic E-state index is 8.76. The van der Waals surface area contributed by atoms with Gasteiger partial charge in [0.05, 0.1) is 5.58 Å². The van der Waals surface area contributed by atoms with Gasteiger partial charge in [-0.3, -0.25) is 0 Å². The van der Waals surface area contributed by atoms with Crippen molar-refractivity contribution in [2.24, 2.45) is 5.41 Å². The van der Waals surface area contributed by atoms with Crippen LogP contribution in [0, 0.1) is 24.4 Å². The van der Waals surface area contributed by atoms with Crippen LogP contribution in [0.15, 0.2) is 89.6 Å². The van der Waals surface area contributed by atoms with E-state index in [2.05, 4.69) is 39.4 Å². The Kier molecular flexibility index (Phi) is 9.51. The standard InChI is InChI=1S/C23H22NO.C19H26GeN.Ir/c1-4-16(5-2)17-11-12-24-21(14-17)20-8-6-7-19-18-10-9-15(3)13-22(18)25-23(19)20;1-19(2,3)13-16-12-18(15-10-8-7-9-11-15)21-14-17(16)20(4,5)6;/h6-7,9-14,16H,4-5H2,1-3H3;7-10,12,14H,13H2,1-6H3;/q2*-1;/i3D3,16D;13D2;. The molecule has 0 aliphatic heterocycles. The second-order valence-corrected chi connectivity index (χ2v) is 24.2. The zero-order valence-corrected chi connectivity index (χ0v) is 33.1. The molecule has 0 fully saturated rings. The molecular weight excluding hydrogens is 813 g/mol. The molecule has 3 heterocycles. The van der Waals surface area contributed by atoms with E-state index in [0.29, 0.717) is 35.3 Å². The normalized spacial score (nSPS) is 14.5. The second-order valence-electron chi connectivity index (χ2n) is 13.7. The van der Waals surface area contributed by atoms with Crippen LogP contribution in [-0.4, -0.2) is 23.2 Å². The van der Waals surface area contributed by atoms with Gasteiger partial charge in [-0.1, -0.05) is 48.6 Å². The van der Waals surface area contributed by atoms with Crippen LogP contribution in [0.1, 0.15) is 78.3 Å². The van der Waals surface area contributed by atoms with Crippen molar-refractivity contribution in [3.63, 3.8) is 0 Å². The van der Waals surface area contributed by atoms with Crippen molar-refractivity contribution >= 4 is 39.6 Å². The molecule has 0 unspecified atom stereocenters. The van der Waals surface area contributed by atoms with Crippen LogP contribution in [0.5, 0.6) is 0 Å². The van der Waals surface area contributed by atoms with Gasteiger partial charge in [-0.2, -0.15) is 0 Å². The molecule has 5 heteroatoms. The largest absolute Gasteiger partial charge is 0 e. The Hall–Kier alpha value is -3.05. The third-order valence-electron chi connectivity index (χ3n) is 7.92. The fourth-order valence-electron chi connectivity index (χ4n) is 5.64. The summed E-state index contributed by atoms with van der Waals surface area (Å²) in [4.78, 5) is 9.12. The number of nitrogens with zero attached hydrogens (tertiary/aromatic N) is 2. The van der Waals surface area contributed by atoms with Crippen molar-refractivity contribution in [1.29, 1.82) is 0 Å². The smallest absolute Gasteiger partial charge is 0 e. The van der Waals surface area contributed by atoms with Crippen LogP contribution in [-0.2, 0) is 26.5 Å². The molecule has 6 aromatic rings. The van der Waals surface area contributed by atoms with Gasteiger partial charge in [-0.05, 0) is 49.0 Å². The number of hydrogen-bond donors (Lipinski definition) is 0. The fourth-order valence-corrected chi connectivity index (χ4v) is 8.56. The van der Waals surface area contributed by atoms with E-state index in [9.17, 15) is 0 Å². The first kappa shape index (κ1) is 28.9. The van der Waals surface area contributed by atoms with E-state index in [0.717, 1.165) is 37.6 Å². The number of rotatable bonds is 7. The van der Waals surface area contributed by atoms with Gasteiger partial charge in [0.2, 0.25) is 0 Å². The minimum Gasteiger partial charge on any atom is 0 e. The average molecular weight is 868 g/mol. The Morgan fingerprint density at radius 3 is 2.36 bits per heavy atom. The van der Waals surface area contributed by atoms with Crippen molar-refractivity contribution in [3.8, 4) is 22.5 Å². The molecule has 47 heavy (non-hydrogen) atoms. The number of hydrogen-bond acceptors (Lipinski definition) is 3. The van der Waals surface area contributed by atoms with Gasteiger partial charge >= 0.3 is 135 Å². The van der Waals surface area contributed by atoms with Crippen LogP contribution >= 0.6 is 0 Å². The minimum absolute atomic E-state index is 0. The van der Waals surface area contributed by atoms with E-state index in [1.165, 1.54) is 0 Å². The Balaban J connectivity index is 0.000000239. The molecule has 3 nitrogen and oxygen atoms in total. The first-order valence-corrected chi connectivity index (χ1v) is 23.4. The monoisotopic (exact) mass is 869 g/mol. The van der Waals surface area contributed by atoms with Crippen molar-refractivity contribution in [1.82, 2.24) is 9.97 Å². The number of aromatic nitrogens is 2. The summed E-state index contributed by atoms with van der Waals surface area (Å²) in [6, 6.07) is 28.6. The van der Waals surface area contributed by atoms with E-state index in [-0.39, 0.29) is 25.7 Å². The molecule has 3 aromatic heterocycles. The molecule has 0 atom stereocenters. The molecule has 0 aliphatic rings. The summed E-state index contributed by atoms with van der Waals surface area (Å²) in [7, 11) is 0. The third-order valence-corrected chi connectivity index (χ3v) is 12.1. The van der Waals surface area contributed by atoms with Crippen LogP contribution in [0.25, 0.3) is 44.5 Å². The van der Waals surface area contributed by atoms with Gasteiger partial charge in [0.15, 0.2) is 0 Å². The molecule has 3 aromatic carbocycles. The van der Waals surface area contributed by atoms with E-state index in [4.69, 9.17) is 12.6 Å². The number of furan rings is 1. The van der Waals surface area contributed by atoms with Gasteiger partial charge < -0.3 is 9.40 Å². The SMILES string of the molecule is [2H]C([2H])([2H])c1ccc2c(c1)oc1c(-c3cc(C([2H])(CC)CC)ccn3)[c-]ccc12.[2H]C([2H])(c1cc(-c2[c-]cccc2)nc[c]1[Ge]([CH3])([CH3])[CH3])C(C)(C)C.[Ir]. The third kappa shape index (κ3) is 8.90. The van der Waals surface area contributed by atoms with E-state index in [1.54, 1.807) is 24.4 Å². The predicted octanol–water partition coefficient (Wildman–Crippen LogP) is 11.3. The quantitative estimate of drug-likeness (QED) is 0.119. The summed E-state index contributed by atoms with van der Waals surface area (Å²) in [6.45, 7) is 7.73.